The van der Waals surface area contributed by atoms with Crippen LogP contribution in [-0.4, -0.2) is 70.2 Å². The topological polar surface area (TPSA) is 122 Å². The van der Waals surface area contributed by atoms with Gasteiger partial charge in [-0.1, -0.05) is 0 Å². The van der Waals surface area contributed by atoms with Crippen molar-refractivity contribution in [2.24, 2.45) is 11.8 Å². The molecule has 5 rings (SSSR count). The summed E-state index contributed by atoms with van der Waals surface area (Å²) in [4.78, 5) is 30.1. The quantitative estimate of drug-likeness (QED) is 0.510. The van der Waals surface area contributed by atoms with Gasteiger partial charge in [-0.05, 0) is 63.4 Å². The van der Waals surface area contributed by atoms with Gasteiger partial charge in [-0.3, -0.25) is 9.59 Å². The highest BCUT2D eigenvalue weighted by molar-refractivity contribution is 6.13. The molecule has 33 heavy (non-hydrogen) atoms. The van der Waals surface area contributed by atoms with Crippen molar-refractivity contribution in [3.05, 3.63) is 39.7 Å². The Balaban J connectivity index is 1.72. The van der Waals surface area contributed by atoms with Crippen molar-refractivity contribution in [2.75, 3.05) is 32.6 Å². The second-order valence-electron chi connectivity index (χ2n) is 10.2. The van der Waals surface area contributed by atoms with Crippen molar-refractivity contribution in [3.8, 4) is 5.75 Å². The van der Waals surface area contributed by atoms with E-state index in [1.807, 2.05) is 21.1 Å². The first-order chi connectivity index (χ1) is 15.5. The summed E-state index contributed by atoms with van der Waals surface area (Å²) in [5, 5.41) is 44.1. The van der Waals surface area contributed by atoms with E-state index in [9.17, 15) is 30.0 Å². The molecular formula is C25H30N2O6. The number of aliphatic hydroxyl groups excluding tert-OH is 2. The number of aliphatic hydroxyl groups is 3. The van der Waals surface area contributed by atoms with Crippen LogP contribution in [0.3, 0.4) is 0 Å². The molecular weight excluding hydrogens is 424 g/mol. The molecule has 0 bridgehead atoms. The highest BCUT2D eigenvalue weighted by atomic mass is 16.3. The number of carbonyl (C=O) groups is 2. The van der Waals surface area contributed by atoms with Crippen molar-refractivity contribution in [1.29, 1.82) is 0 Å². The number of phenols is 1. The molecule has 1 saturated carbocycles. The maximum Gasteiger partial charge on any atom is 0.202 e. The van der Waals surface area contributed by atoms with Gasteiger partial charge in [-0.25, -0.2) is 0 Å². The molecule has 1 aromatic carbocycles. The number of Topliss-reactive ketones (excluding diaryl/α,β-unsaturated/α-hetero) is 2. The SMILES string of the molecule is CC1=C(O)[C@@]2(O)C(=O)C3=C(O)c4c(O)cc5c(c4CC3C[C@H]2CC1=O)N(C)CCC5N(C)C. The van der Waals surface area contributed by atoms with Gasteiger partial charge in [0.05, 0.1) is 5.56 Å². The van der Waals surface area contributed by atoms with Crippen LogP contribution < -0.4 is 4.90 Å². The second kappa shape index (κ2) is 7.08. The molecule has 8 heteroatoms. The number of fused-ring (bicyclic) bond motifs is 5. The Bertz CT molecular complexity index is 1170. The van der Waals surface area contributed by atoms with Gasteiger partial charge in [0.15, 0.2) is 11.4 Å². The summed E-state index contributed by atoms with van der Waals surface area (Å²) >= 11 is 0. The van der Waals surface area contributed by atoms with Crippen LogP contribution in [0.1, 0.15) is 48.9 Å². The Morgan fingerprint density at radius 1 is 1.15 bits per heavy atom. The summed E-state index contributed by atoms with van der Waals surface area (Å²) in [5.74, 6) is -3.33. The lowest BCUT2D eigenvalue weighted by molar-refractivity contribution is -0.147. The minimum absolute atomic E-state index is 0.0211. The lowest BCUT2D eigenvalue weighted by Gasteiger charge is -2.47. The summed E-state index contributed by atoms with van der Waals surface area (Å²) in [6.07, 6.45) is 1.53. The lowest BCUT2D eigenvalue weighted by Crippen LogP contribution is -2.57. The zero-order valence-corrected chi connectivity index (χ0v) is 19.3. The van der Waals surface area contributed by atoms with Crippen LogP contribution in [0.25, 0.3) is 5.76 Å². The molecule has 4 atom stereocenters. The van der Waals surface area contributed by atoms with Crippen LogP contribution in [0.2, 0.25) is 0 Å². The predicted molar refractivity (Wildman–Crippen MR) is 122 cm³/mol. The van der Waals surface area contributed by atoms with Crippen LogP contribution >= 0.6 is 0 Å². The molecule has 1 fully saturated rings. The zero-order chi connectivity index (χ0) is 24.0. The largest absolute Gasteiger partial charge is 0.508 e. The lowest BCUT2D eigenvalue weighted by atomic mass is 9.59. The van der Waals surface area contributed by atoms with Gasteiger partial charge in [0.2, 0.25) is 5.78 Å². The number of phenolic OH excluding ortho intramolecular Hbond substituents is 1. The molecule has 8 nitrogen and oxygen atoms in total. The van der Waals surface area contributed by atoms with E-state index in [1.54, 1.807) is 6.07 Å². The third-order valence-corrected chi connectivity index (χ3v) is 8.18. The van der Waals surface area contributed by atoms with E-state index in [1.165, 1.54) is 6.92 Å². The number of hydrogen-bond acceptors (Lipinski definition) is 8. The normalized spacial score (nSPS) is 31.5. The van der Waals surface area contributed by atoms with Crippen LogP contribution in [0.4, 0.5) is 5.69 Å². The summed E-state index contributed by atoms with van der Waals surface area (Å²) in [6, 6.07) is 1.77. The van der Waals surface area contributed by atoms with Gasteiger partial charge in [0.25, 0.3) is 0 Å². The fraction of sp³-hybridized carbons (Fsp3) is 0.520. The highest BCUT2D eigenvalue weighted by Crippen LogP contribution is 2.54. The van der Waals surface area contributed by atoms with Gasteiger partial charge in [-0.15, -0.1) is 0 Å². The number of hydrogen-bond donors (Lipinski definition) is 4. The molecule has 0 aromatic heterocycles. The Morgan fingerprint density at radius 2 is 1.85 bits per heavy atom. The van der Waals surface area contributed by atoms with Crippen molar-refractivity contribution in [3.63, 3.8) is 0 Å². The van der Waals surface area contributed by atoms with E-state index in [-0.39, 0.29) is 52.9 Å². The van der Waals surface area contributed by atoms with Crippen LogP contribution in [-0.2, 0) is 16.0 Å². The molecule has 1 aliphatic heterocycles. The maximum atomic E-state index is 13.5. The molecule has 2 unspecified atom stereocenters. The molecule has 0 radical (unpaired) electrons. The zero-order valence-electron chi connectivity index (χ0n) is 19.3. The average molecular weight is 455 g/mol. The Labute approximate surface area is 192 Å². The molecule has 0 amide bonds. The first kappa shape index (κ1) is 22.0. The Kier molecular flexibility index (Phi) is 4.71. The van der Waals surface area contributed by atoms with E-state index < -0.39 is 29.0 Å². The van der Waals surface area contributed by atoms with Gasteiger partial charge in [-0.2, -0.15) is 0 Å². The smallest absolute Gasteiger partial charge is 0.202 e. The Morgan fingerprint density at radius 3 is 2.52 bits per heavy atom. The van der Waals surface area contributed by atoms with Crippen molar-refractivity contribution < 1.29 is 30.0 Å². The number of carbonyl (C=O) groups excluding carboxylic acids is 2. The van der Waals surface area contributed by atoms with Crippen LogP contribution in [0.15, 0.2) is 23.0 Å². The standard InChI is InChI=1S/C25H30N2O6/c1-11-17(28)9-13-7-12-8-15-20(22(30)19(12)24(32)25(13,33)23(11)31)18(29)10-14-16(26(2)3)5-6-27(4)21(14)15/h10,12-13,16,29-31,33H,5-9H2,1-4H3/t12?,13-,16?,25+/m0/s1. The fourth-order valence-corrected chi connectivity index (χ4v) is 6.42. The molecule has 1 aromatic rings. The van der Waals surface area contributed by atoms with E-state index >= 15 is 0 Å². The van der Waals surface area contributed by atoms with E-state index in [0.717, 1.165) is 29.8 Å². The summed E-state index contributed by atoms with van der Waals surface area (Å²) < 4.78 is 0. The van der Waals surface area contributed by atoms with Gasteiger partial charge < -0.3 is 30.2 Å². The third-order valence-electron chi connectivity index (χ3n) is 8.18. The minimum atomic E-state index is -2.23. The molecule has 0 spiro atoms. The number of rotatable bonds is 1. The number of allylic oxidation sites excluding steroid dienone is 1. The van der Waals surface area contributed by atoms with Crippen LogP contribution in [0, 0.1) is 11.8 Å². The number of anilines is 1. The summed E-state index contributed by atoms with van der Waals surface area (Å²) in [7, 11) is 5.97. The number of ketones is 2. The van der Waals surface area contributed by atoms with Crippen molar-refractivity contribution >= 4 is 23.0 Å². The van der Waals surface area contributed by atoms with E-state index in [4.69, 9.17) is 0 Å². The minimum Gasteiger partial charge on any atom is -0.508 e. The number of nitrogens with zero attached hydrogens (tertiary/aromatic N) is 2. The molecule has 0 saturated heterocycles. The Hall–Kier alpha value is -2.84. The van der Waals surface area contributed by atoms with Gasteiger partial charge in [0.1, 0.15) is 17.3 Å². The van der Waals surface area contributed by atoms with E-state index in [2.05, 4.69) is 9.80 Å². The van der Waals surface area contributed by atoms with Crippen molar-refractivity contribution in [2.45, 2.75) is 44.2 Å². The first-order valence-electron chi connectivity index (χ1n) is 11.4. The number of benzene rings is 1. The summed E-state index contributed by atoms with van der Waals surface area (Å²) in [5.41, 5.74) is 0.688. The highest BCUT2D eigenvalue weighted by Gasteiger charge is 2.59. The fourth-order valence-electron chi connectivity index (χ4n) is 6.42. The molecule has 4 aliphatic rings. The second-order valence-corrected chi connectivity index (χ2v) is 10.2. The van der Waals surface area contributed by atoms with Gasteiger partial charge in [0, 0.05) is 48.8 Å². The third kappa shape index (κ3) is 2.77. The molecule has 176 valence electrons. The monoisotopic (exact) mass is 454 g/mol. The summed E-state index contributed by atoms with van der Waals surface area (Å²) in [6.45, 7) is 2.20. The van der Waals surface area contributed by atoms with Gasteiger partial charge >= 0.3 is 0 Å². The number of aromatic hydroxyl groups is 1. The predicted octanol–water partition coefficient (Wildman–Crippen LogP) is 2.40. The molecule has 4 N–H and O–H groups in total. The maximum absolute atomic E-state index is 13.5. The molecule has 1 heterocycles. The first-order valence-corrected chi connectivity index (χ1v) is 11.4. The van der Waals surface area contributed by atoms with Crippen LogP contribution in [0.5, 0.6) is 5.75 Å². The van der Waals surface area contributed by atoms with Crippen molar-refractivity contribution in [1.82, 2.24) is 4.90 Å². The van der Waals surface area contributed by atoms with E-state index in [0.29, 0.717) is 6.42 Å². The molecule has 3 aliphatic carbocycles. The average Bonchev–Trinajstić information content (AvgIpc) is 2.74.